The topological polar surface area (TPSA) is 101 Å². The Bertz CT molecular complexity index is 1100. The third-order valence-electron chi connectivity index (χ3n) is 3.67. The Hall–Kier alpha value is -3.34. The van der Waals surface area contributed by atoms with Crippen LogP contribution in [0.4, 0.5) is 5.69 Å². The summed E-state index contributed by atoms with van der Waals surface area (Å²) in [6.07, 6.45) is 1.46. The average Bonchev–Trinajstić information content (AvgIpc) is 3.12. The van der Waals surface area contributed by atoms with Gasteiger partial charge in [-0.2, -0.15) is 10.2 Å². The summed E-state index contributed by atoms with van der Waals surface area (Å²) in [6.45, 7) is 1.86. The molecule has 1 N–H and O–H groups in total. The minimum absolute atomic E-state index is 0.0769. The number of amides is 1. The first-order chi connectivity index (χ1) is 13.9. The summed E-state index contributed by atoms with van der Waals surface area (Å²) in [5.74, 6) is 0.909. The van der Waals surface area contributed by atoms with E-state index < -0.39 is 5.91 Å². The van der Waals surface area contributed by atoms with E-state index >= 15 is 0 Å². The van der Waals surface area contributed by atoms with Crippen molar-refractivity contribution in [2.45, 2.75) is 13.5 Å². The van der Waals surface area contributed by atoms with Gasteiger partial charge in [-0.3, -0.25) is 4.79 Å². The van der Waals surface area contributed by atoms with E-state index in [1.54, 1.807) is 43.3 Å². The minimum Gasteiger partial charge on any atom is -0.485 e. The summed E-state index contributed by atoms with van der Waals surface area (Å²) < 4.78 is 10.4. The summed E-state index contributed by atoms with van der Waals surface area (Å²) in [6, 6.07) is 13.4. The van der Waals surface area contributed by atoms with Crippen molar-refractivity contribution in [3.63, 3.8) is 0 Å². The molecular weight excluding hydrogens is 415 g/mol. The lowest BCUT2D eigenvalue weighted by molar-refractivity contribution is -0.112. The van der Waals surface area contributed by atoms with Crippen LogP contribution in [0.25, 0.3) is 6.08 Å². The number of nitrogens with zero attached hydrogens (tertiary/aromatic N) is 3. The first-order valence-electron chi connectivity index (χ1n) is 8.35. The van der Waals surface area contributed by atoms with Crippen molar-refractivity contribution in [1.29, 1.82) is 5.26 Å². The molecular formula is C20H14Cl2N4O3. The molecule has 0 spiro atoms. The molecule has 2 aromatic carbocycles. The number of benzene rings is 2. The van der Waals surface area contributed by atoms with Crippen LogP contribution in [0.15, 0.2) is 52.6 Å². The Kier molecular flexibility index (Phi) is 6.50. The van der Waals surface area contributed by atoms with Gasteiger partial charge in [0.2, 0.25) is 11.7 Å². The SMILES string of the molecule is Cc1nc(COc2ccc(/C=C(/C#N)C(=O)Nc3ccc(Cl)cc3Cl)cc2)no1. The number of ether oxygens (including phenoxy) is 1. The Labute approximate surface area is 176 Å². The number of nitriles is 1. The van der Waals surface area contributed by atoms with Crippen molar-refractivity contribution >= 4 is 40.9 Å². The Morgan fingerprint density at radius 2 is 2.03 bits per heavy atom. The van der Waals surface area contributed by atoms with Crippen LogP contribution in [0.1, 0.15) is 17.3 Å². The molecule has 0 bridgehead atoms. The van der Waals surface area contributed by atoms with Gasteiger partial charge in [0.1, 0.15) is 17.4 Å². The van der Waals surface area contributed by atoms with Crippen LogP contribution in [0.2, 0.25) is 10.0 Å². The summed E-state index contributed by atoms with van der Waals surface area (Å²) in [7, 11) is 0. The highest BCUT2D eigenvalue weighted by Crippen LogP contribution is 2.26. The molecule has 0 atom stereocenters. The van der Waals surface area contributed by atoms with Crippen LogP contribution in [0, 0.1) is 18.3 Å². The molecule has 1 aromatic heterocycles. The zero-order valence-electron chi connectivity index (χ0n) is 15.1. The molecule has 1 heterocycles. The van der Waals surface area contributed by atoms with E-state index in [0.29, 0.717) is 33.7 Å². The van der Waals surface area contributed by atoms with E-state index in [1.807, 2.05) is 6.07 Å². The maximum Gasteiger partial charge on any atom is 0.266 e. The molecule has 3 rings (SSSR count). The van der Waals surface area contributed by atoms with Crippen LogP contribution in [-0.2, 0) is 11.4 Å². The van der Waals surface area contributed by atoms with E-state index in [-0.39, 0.29) is 17.2 Å². The largest absolute Gasteiger partial charge is 0.485 e. The lowest BCUT2D eigenvalue weighted by atomic mass is 10.1. The fourth-order valence-electron chi connectivity index (χ4n) is 2.30. The van der Waals surface area contributed by atoms with E-state index in [9.17, 15) is 10.1 Å². The number of anilines is 1. The minimum atomic E-state index is -0.579. The quantitative estimate of drug-likeness (QED) is 0.446. The number of halogens is 2. The summed E-state index contributed by atoms with van der Waals surface area (Å²) >= 11 is 11.9. The van der Waals surface area contributed by atoms with Crippen molar-refractivity contribution in [3.8, 4) is 11.8 Å². The first kappa shape index (κ1) is 20.4. The zero-order valence-corrected chi connectivity index (χ0v) is 16.7. The van der Waals surface area contributed by atoms with E-state index in [2.05, 4.69) is 15.5 Å². The number of aromatic nitrogens is 2. The molecule has 0 unspecified atom stereocenters. The lowest BCUT2D eigenvalue weighted by Crippen LogP contribution is -2.13. The average molecular weight is 429 g/mol. The van der Waals surface area contributed by atoms with Crippen molar-refractivity contribution < 1.29 is 14.1 Å². The number of aryl methyl sites for hydroxylation is 1. The van der Waals surface area contributed by atoms with Crippen molar-refractivity contribution in [2.75, 3.05) is 5.32 Å². The molecule has 9 heteroatoms. The van der Waals surface area contributed by atoms with Gasteiger partial charge < -0.3 is 14.6 Å². The zero-order chi connectivity index (χ0) is 20.8. The van der Waals surface area contributed by atoms with Gasteiger partial charge in [0, 0.05) is 11.9 Å². The van der Waals surface area contributed by atoms with Crippen LogP contribution >= 0.6 is 23.2 Å². The molecule has 29 heavy (non-hydrogen) atoms. The van der Waals surface area contributed by atoms with Gasteiger partial charge in [0.05, 0.1) is 10.7 Å². The highest BCUT2D eigenvalue weighted by Gasteiger charge is 2.12. The van der Waals surface area contributed by atoms with Gasteiger partial charge in [0.25, 0.3) is 5.91 Å². The molecule has 0 aliphatic carbocycles. The van der Waals surface area contributed by atoms with Crippen molar-refractivity contribution in [3.05, 3.63) is 75.4 Å². The highest BCUT2D eigenvalue weighted by molar-refractivity contribution is 6.36. The van der Waals surface area contributed by atoms with Crippen LogP contribution < -0.4 is 10.1 Å². The number of hydrogen-bond donors (Lipinski definition) is 1. The molecule has 0 saturated heterocycles. The van der Waals surface area contributed by atoms with E-state index in [0.717, 1.165) is 0 Å². The molecule has 1 amide bonds. The second-order valence-electron chi connectivity index (χ2n) is 5.84. The number of hydrogen-bond acceptors (Lipinski definition) is 6. The maximum atomic E-state index is 12.4. The van der Waals surface area contributed by atoms with Gasteiger partial charge >= 0.3 is 0 Å². The number of rotatable bonds is 6. The fourth-order valence-corrected chi connectivity index (χ4v) is 2.76. The molecule has 0 aliphatic rings. The second kappa shape index (κ2) is 9.24. The van der Waals surface area contributed by atoms with Crippen LogP contribution in [0.3, 0.4) is 0 Å². The van der Waals surface area contributed by atoms with E-state index in [4.69, 9.17) is 32.5 Å². The third kappa shape index (κ3) is 5.57. The standard InChI is InChI=1S/C20H14Cl2N4O3/c1-12-24-19(26-29-12)11-28-16-5-2-13(3-6-16)8-14(10-23)20(27)25-18-7-4-15(21)9-17(18)22/h2-9H,11H2,1H3,(H,25,27)/b14-8-. The van der Waals surface area contributed by atoms with E-state index in [1.165, 1.54) is 12.1 Å². The Morgan fingerprint density at radius 1 is 1.28 bits per heavy atom. The van der Waals surface area contributed by atoms with Crippen LogP contribution in [0.5, 0.6) is 5.75 Å². The molecule has 3 aromatic rings. The first-order valence-corrected chi connectivity index (χ1v) is 9.10. The number of nitrogens with one attached hydrogen (secondary N) is 1. The van der Waals surface area contributed by atoms with Crippen molar-refractivity contribution in [2.24, 2.45) is 0 Å². The second-order valence-corrected chi connectivity index (χ2v) is 6.68. The highest BCUT2D eigenvalue weighted by atomic mass is 35.5. The van der Waals surface area contributed by atoms with Gasteiger partial charge in [-0.25, -0.2) is 0 Å². The predicted octanol–water partition coefficient (Wildman–Crippen LogP) is 4.81. The number of carbonyl (C=O) groups is 1. The monoisotopic (exact) mass is 428 g/mol. The smallest absolute Gasteiger partial charge is 0.266 e. The lowest BCUT2D eigenvalue weighted by Gasteiger charge is -2.07. The normalized spacial score (nSPS) is 11.0. The molecule has 0 aliphatic heterocycles. The fraction of sp³-hybridized carbons (Fsp3) is 0.100. The predicted molar refractivity (Wildman–Crippen MR) is 108 cm³/mol. The molecule has 0 radical (unpaired) electrons. The number of carbonyl (C=O) groups excluding carboxylic acids is 1. The molecule has 7 nitrogen and oxygen atoms in total. The third-order valence-corrected chi connectivity index (χ3v) is 4.22. The van der Waals surface area contributed by atoms with Gasteiger partial charge in [0.15, 0.2) is 6.61 Å². The van der Waals surface area contributed by atoms with Crippen molar-refractivity contribution in [1.82, 2.24) is 10.1 Å². The summed E-state index contributed by atoms with van der Waals surface area (Å²) in [5, 5.41) is 16.4. The van der Waals surface area contributed by atoms with Gasteiger partial charge in [-0.15, -0.1) is 0 Å². The molecule has 146 valence electrons. The molecule has 0 saturated carbocycles. The Balaban J connectivity index is 1.66. The summed E-state index contributed by atoms with van der Waals surface area (Å²) in [4.78, 5) is 16.4. The summed E-state index contributed by atoms with van der Waals surface area (Å²) in [5.41, 5.74) is 0.941. The maximum absolute atomic E-state index is 12.4. The molecule has 0 fully saturated rings. The van der Waals surface area contributed by atoms with Crippen LogP contribution in [-0.4, -0.2) is 16.0 Å². The van der Waals surface area contributed by atoms with Gasteiger partial charge in [-0.05, 0) is 42.0 Å². The Morgan fingerprint density at radius 3 is 2.66 bits per heavy atom. The van der Waals surface area contributed by atoms with Gasteiger partial charge in [-0.1, -0.05) is 40.5 Å².